The zero-order chi connectivity index (χ0) is 14.7. The van der Waals surface area contributed by atoms with Gasteiger partial charge in [0, 0.05) is 18.6 Å². The maximum absolute atomic E-state index is 5.70. The van der Waals surface area contributed by atoms with Crippen LogP contribution in [0.5, 0.6) is 5.75 Å². The molecule has 1 N–H and O–H groups in total. The maximum atomic E-state index is 5.70. The van der Waals surface area contributed by atoms with Crippen molar-refractivity contribution < 1.29 is 9.47 Å². The molecule has 0 saturated heterocycles. The van der Waals surface area contributed by atoms with Crippen LogP contribution in [-0.2, 0) is 4.74 Å². The third kappa shape index (κ3) is 3.00. The van der Waals surface area contributed by atoms with Crippen molar-refractivity contribution in [1.82, 2.24) is 20.2 Å². The number of aromatic nitrogens is 4. The van der Waals surface area contributed by atoms with Crippen LogP contribution in [0, 0.1) is 0 Å². The van der Waals surface area contributed by atoms with E-state index in [4.69, 9.17) is 9.47 Å². The lowest BCUT2D eigenvalue weighted by atomic mass is 10.2. The highest BCUT2D eigenvalue weighted by Crippen LogP contribution is 2.22. The smallest absolute Gasteiger partial charge is 0.174 e. The highest BCUT2D eigenvalue weighted by atomic mass is 16.5. The minimum absolute atomic E-state index is 0.0502. The summed E-state index contributed by atoms with van der Waals surface area (Å²) >= 11 is 0. The fraction of sp³-hybridized carbons (Fsp3) is 0.267. The SMILES string of the molecule is CO[C@@H](C)COc1ccc2ccc(-c3ncn[nH]3)nc2c1. The second-order valence-electron chi connectivity index (χ2n) is 4.74. The van der Waals surface area contributed by atoms with E-state index in [0.717, 1.165) is 22.3 Å². The summed E-state index contributed by atoms with van der Waals surface area (Å²) in [5.41, 5.74) is 1.61. The number of nitrogens with one attached hydrogen (secondary N) is 1. The van der Waals surface area contributed by atoms with Gasteiger partial charge in [-0.2, -0.15) is 5.10 Å². The maximum Gasteiger partial charge on any atom is 0.174 e. The van der Waals surface area contributed by atoms with Crippen LogP contribution < -0.4 is 4.74 Å². The number of H-pyrrole nitrogens is 1. The van der Waals surface area contributed by atoms with Crippen molar-refractivity contribution >= 4 is 10.9 Å². The number of rotatable bonds is 5. The molecule has 21 heavy (non-hydrogen) atoms. The lowest BCUT2D eigenvalue weighted by Crippen LogP contribution is -2.15. The van der Waals surface area contributed by atoms with Gasteiger partial charge in [-0.05, 0) is 25.1 Å². The second-order valence-corrected chi connectivity index (χ2v) is 4.74. The normalized spacial score (nSPS) is 12.5. The van der Waals surface area contributed by atoms with Crippen LogP contribution in [0.2, 0.25) is 0 Å². The molecule has 0 radical (unpaired) electrons. The van der Waals surface area contributed by atoms with Gasteiger partial charge in [-0.3, -0.25) is 5.10 Å². The van der Waals surface area contributed by atoms with E-state index < -0.39 is 0 Å². The molecule has 3 rings (SSSR count). The minimum atomic E-state index is 0.0502. The van der Waals surface area contributed by atoms with Crippen molar-refractivity contribution in [2.24, 2.45) is 0 Å². The highest BCUT2D eigenvalue weighted by molar-refractivity contribution is 5.82. The van der Waals surface area contributed by atoms with E-state index >= 15 is 0 Å². The van der Waals surface area contributed by atoms with Crippen molar-refractivity contribution in [3.63, 3.8) is 0 Å². The van der Waals surface area contributed by atoms with E-state index in [1.54, 1.807) is 7.11 Å². The number of methoxy groups -OCH3 is 1. The van der Waals surface area contributed by atoms with Crippen molar-refractivity contribution in [3.8, 4) is 17.3 Å². The van der Waals surface area contributed by atoms with Crippen molar-refractivity contribution in [1.29, 1.82) is 0 Å². The van der Waals surface area contributed by atoms with Crippen molar-refractivity contribution in [3.05, 3.63) is 36.7 Å². The van der Waals surface area contributed by atoms with E-state index in [9.17, 15) is 0 Å². The second kappa shape index (κ2) is 5.88. The van der Waals surface area contributed by atoms with Gasteiger partial charge in [0.05, 0.1) is 11.6 Å². The van der Waals surface area contributed by atoms with Crippen LogP contribution in [0.25, 0.3) is 22.4 Å². The molecule has 2 aromatic heterocycles. The first kappa shape index (κ1) is 13.5. The Morgan fingerprint density at radius 1 is 1.24 bits per heavy atom. The third-order valence-electron chi connectivity index (χ3n) is 3.21. The zero-order valence-electron chi connectivity index (χ0n) is 11.9. The molecule has 108 valence electrons. The lowest BCUT2D eigenvalue weighted by molar-refractivity contribution is 0.0717. The molecule has 0 amide bonds. The van der Waals surface area contributed by atoms with E-state index in [-0.39, 0.29) is 6.10 Å². The Bertz CT molecular complexity index is 728. The van der Waals surface area contributed by atoms with E-state index in [1.807, 2.05) is 37.3 Å². The molecule has 0 aliphatic rings. The summed E-state index contributed by atoms with van der Waals surface area (Å²) in [7, 11) is 1.67. The molecule has 6 heteroatoms. The van der Waals surface area contributed by atoms with Crippen LogP contribution in [0.1, 0.15) is 6.92 Å². The minimum Gasteiger partial charge on any atom is -0.491 e. The van der Waals surface area contributed by atoms with Gasteiger partial charge in [0.2, 0.25) is 0 Å². The Hall–Kier alpha value is -2.47. The first-order valence-electron chi connectivity index (χ1n) is 6.68. The van der Waals surface area contributed by atoms with E-state index in [0.29, 0.717) is 12.4 Å². The fourth-order valence-corrected chi connectivity index (χ4v) is 1.93. The van der Waals surface area contributed by atoms with E-state index in [2.05, 4.69) is 20.2 Å². The van der Waals surface area contributed by atoms with Crippen LogP contribution >= 0.6 is 0 Å². The van der Waals surface area contributed by atoms with Gasteiger partial charge in [-0.1, -0.05) is 6.07 Å². The summed E-state index contributed by atoms with van der Waals surface area (Å²) in [5, 5.41) is 7.70. The van der Waals surface area contributed by atoms with Gasteiger partial charge in [0.1, 0.15) is 24.4 Å². The van der Waals surface area contributed by atoms with Crippen molar-refractivity contribution in [2.45, 2.75) is 13.0 Å². The quantitative estimate of drug-likeness (QED) is 0.779. The average molecular weight is 284 g/mol. The summed E-state index contributed by atoms with van der Waals surface area (Å²) in [6.07, 6.45) is 1.52. The Kier molecular flexibility index (Phi) is 3.79. The molecule has 0 saturated carbocycles. The number of hydrogen-bond acceptors (Lipinski definition) is 5. The Morgan fingerprint density at radius 3 is 2.86 bits per heavy atom. The molecular formula is C15H16N4O2. The molecule has 0 bridgehead atoms. The standard InChI is InChI=1S/C15H16N4O2/c1-10(20-2)8-21-12-5-3-11-4-6-13(18-14(11)7-12)15-16-9-17-19-15/h3-7,9-10H,8H2,1-2H3,(H,16,17,19)/t10-/m0/s1. The van der Waals surface area contributed by atoms with Crippen LogP contribution in [0.15, 0.2) is 36.7 Å². The largest absolute Gasteiger partial charge is 0.491 e. The molecule has 2 heterocycles. The van der Waals surface area contributed by atoms with Gasteiger partial charge in [-0.15, -0.1) is 0 Å². The summed E-state index contributed by atoms with van der Waals surface area (Å²) in [4.78, 5) is 8.69. The first-order valence-corrected chi connectivity index (χ1v) is 6.68. The average Bonchev–Trinajstić information content (AvgIpc) is 3.06. The summed E-state index contributed by atoms with van der Waals surface area (Å²) < 4.78 is 10.9. The predicted molar refractivity (Wildman–Crippen MR) is 79.1 cm³/mol. The van der Waals surface area contributed by atoms with Gasteiger partial charge >= 0.3 is 0 Å². The molecule has 1 aromatic carbocycles. The van der Waals surface area contributed by atoms with Crippen LogP contribution in [0.3, 0.4) is 0 Å². The molecule has 0 spiro atoms. The summed E-state index contributed by atoms with van der Waals surface area (Å²) in [6.45, 7) is 2.46. The molecule has 0 aliphatic heterocycles. The van der Waals surface area contributed by atoms with Gasteiger partial charge in [0.15, 0.2) is 5.82 Å². The number of aromatic amines is 1. The number of benzene rings is 1. The first-order chi connectivity index (χ1) is 10.3. The van der Waals surface area contributed by atoms with Crippen LogP contribution in [0.4, 0.5) is 0 Å². The van der Waals surface area contributed by atoms with Gasteiger partial charge in [0.25, 0.3) is 0 Å². The van der Waals surface area contributed by atoms with Crippen LogP contribution in [-0.4, -0.2) is 40.0 Å². The molecule has 3 aromatic rings. The van der Waals surface area contributed by atoms with Gasteiger partial charge < -0.3 is 9.47 Å². The molecular weight excluding hydrogens is 268 g/mol. The number of nitrogens with zero attached hydrogens (tertiary/aromatic N) is 3. The zero-order valence-corrected chi connectivity index (χ0v) is 11.9. The number of fused-ring (bicyclic) bond motifs is 1. The lowest BCUT2D eigenvalue weighted by Gasteiger charge is -2.11. The number of pyridine rings is 1. The Morgan fingerprint density at radius 2 is 2.10 bits per heavy atom. The van der Waals surface area contributed by atoms with Gasteiger partial charge in [-0.25, -0.2) is 9.97 Å². The molecule has 0 unspecified atom stereocenters. The summed E-state index contributed by atoms with van der Waals surface area (Å²) in [5.74, 6) is 1.42. The molecule has 6 nitrogen and oxygen atoms in total. The highest BCUT2D eigenvalue weighted by Gasteiger charge is 2.06. The monoisotopic (exact) mass is 284 g/mol. The van der Waals surface area contributed by atoms with Crippen molar-refractivity contribution in [2.75, 3.05) is 13.7 Å². The third-order valence-corrected chi connectivity index (χ3v) is 3.21. The Balaban J connectivity index is 1.88. The Labute approximate surface area is 122 Å². The topological polar surface area (TPSA) is 72.9 Å². The number of ether oxygens (including phenoxy) is 2. The number of hydrogen-bond donors (Lipinski definition) is 1. The fourth-order valence-electron chi connectivity index (χ4n) is 1.93. The molecule has 1 atom stereocenters. The summed E-state index contributed by atoms with van der Waals surface area (Å²) in [6, 6.07) is 9.75. The van der Waals surface area contributed by atoms with E-state index in [1.165, 1.54) is 6.33 Å². The molecule has 0 fully saturated rings. The predicted octanol–water partition coefficient (Wildman–Crippen LogP) is 2.43. The molecule has 0 aliphatic carbocycles.